The van der Waals surface area contributed by atoms with E-state index in [1.54, 1.807) is 64.3 Å². The molecule has 0 saturated carbocycles. The summed E-state index contributed by atoms with van der Waals surface area (Å²) in [6.45, 7) is 10.8. The summed E-state index contributed by atoms with van der Waals surface area (Å²) in [6.07, 6.45) is 1.31. The number of nitrogens with two attached hydrogens (primary N) is 1. The van der Waals surface area contributed by atoms with Crippen LogP contribution in [0.3, 0.4) is 0 Å². The number of nitrogens with one attached hydrogen (secondary N) is 2. The van der Waals surface area contributed by atoms with Crippen molar-refractivity contribution in [2.75, 3.05) is 7.11 Å². The number of fused-ring (bicyclic) bond motifs is 1. The maximum absolute atomic E-state index is 13.9. The molecule has 0 aliphatic heterocycles. The van der Waals surface area contributed by atoms with Gasteiger partial charge in [0.2, 0.25) is 5.91 Å². The SMILES string of the molecule is COc1ccc(CNC(=O)C(=NC(=O)C(Cc2ccc(C(C)(C)C(=O)OC(C)(C)C)cc2)NC(=O)Cc2ccc3ccccc3c2)/C(C)=C\N)cc1. The number of aliphatic imine (C=N–C) groups is 1. The van der Waals surface area contributed by atoms with Crippen molar-refractivity contribution in [3.05, 3.63) is 125 Å². The van der Waals surface area contributed by atoms with E-state index in [0.717, 1.165) is 27.5 Å². The minimum Gasteiger partial charge on any atom is -0.497 e. The van der Waals surface area contributed by atoms with Gasteiger partial charge in [-0.25, -0.2) is 4.99 Å². The molecule has 0 aromatic heterocycles. The lowest BCUT2D eigenvalue weighted by Gasteiger charge is -2.29. The molecule has 0 spiro atoms. The molecule has 4 rings (SSSR count). The zero-order valence-corrected chi connectivity index (χ0v) is 30.9. The maximum Gasteiger partial charge on any atom is 0.316 e. The normalized spacial score (nSPS) is 12.9. The third kappa shape index (κ3) is 10.6. The summed E-state index contributed by atoms with van der Waals surface area (Å²) < 4.78 is 10.8. The molecule has 0 radical (unpaired) electrons. The van der Waals surface area contributed by atoms with Crippen molar-refractivity contribution in [2.24, 2.45) is 10.7 Å². The van der Waals surface area contributed by atoms with Crippen LogP contribution in [0.4, 0.5) is 0 Å². The molecule has 4 aromatic rings. The quantitative estimate of drug-likeness (QED) is 0.116. The Morgan fingerprint density at radius 2 is 1.44 bits per heavy atom. The summed E-state index contributed by atoms with van der Waals surface area (Å²) in [5, 5.41) is 7.69. The largest absolute Gasteiger partial charge is 0.497 e. The fraction of sp³-hybridized carbons (Fsp3) is 0.310. The Bertz CT molecular complexity index is 1970. The van der Waals surface area contributed by atoms with Crippen molar-refractivity contribution in [2.45, 2.75) is 78.0 Å². The number of nitrogens with zero attached hydrogens (tertiary/aromatic N) is 1. The van der Waals surface area contributed by atoms with E-state index < -0.39 is 28.9 Å². The van der Waals surface area contributed by atoms with E-state index >= 15 is 0 Å². The smallest absolute Gasteiger partial charge is 0.316 e. The molecule has 0 heterocycles. The van der Waals surface area contributed by atoms with E-state index in [4.69, 9.17) is 15.2 Å². The number of carbonyl (C=O) groups excluding carboxylic acids is 4. The summed E-state index contributed by atoms with van der Waals surface area (Å²) in [4.78, 5) is 57.9. The zero-order valence-electron chi connectivity index (χ0n) is 30.9. The van der Waals surface area contributed by atoms with Crippen molar-refractivity contribution in [1.82, 2.24) is 10.6 Å². The van der Waals surface area contributed by atoms with Crippen molar-refractivity contribution >= 4 is 40.2 Å². The molecular weight excluding hydrogens is 656 g/mol. The molecule has 0 saturated heterocycles. The number of amides is 3. The number of carbonyl (C=O) groups is 4. The van der Waals surface area contributed by atoms with Crippen LogP contribution in [-0.2, 0) is 48.7 Å². The Kier molecular flexibility index (Phi) is 12.7. The second kappa shape index (κ2) is 17.0. The number of esters is 1. The standard InChI is InChI=1S/C42H48N4O6/c1-27(25-43)37(39(49)44-26-29-15-20-34(51-7)21-16-29)46-38(48)35(45-36(47)24-30-12-17-31-10-8-9-11-32(31)22-30)23-28-13-18-33(19-14-28)42(5,6)40(50)52-41(2,3)4/h8-22,25,35H,23-24,26,43H2,1-7H3,(H,44,49)(H,45,47)/b27-25-,46-37?. The van der Waals surface area contributed by atoms with Gasteiger partial charge < -0.3 is 25.8 Å². The van der Waals surface area contributed by atoms with Gasteiger partial charge in [0.15, 0.2) is 0 Å². The van der Waals surface area contributed by atoms with Gasteiger partial charge >= 0.3 is 5.97 Å². The fourth-order valence-electron chi connectivity index (χ4n) is 5.39. The predicted molar refractivity (Wildman–Crippen MR) is 204 cm³/mol. The number of benzene rings is 4. The second-order valence-electron chi connectivity index (χ2n) is 14.2. The lowest BCUT2D eigenvalue weighted by Crippen LogP contribution is -2.43. The Labute approximate surface area is 305 Å². The summed E-state index contributed by atoms with van der Waals surface area (Å²) in [6, 6.07) is 26.9. The van der Waals surface area contributed by atoms with Crippen LogP contribution >= 0.6 is 0 Å². The van der Waals surface area contributed by atoms with Gasteiger partial charge in [-0.1, -0.05) is 78.9 Å². The molecule has 3 amide bonds. The van der Waals surface area contributed by atoms with Gasteiger partial charge in [-0.2, -0.15) is 0 Å². The lowest BCUT2D eigenvalue weighted by molar-refractivity contribution is -0.160. The minimum atomic E-state index is -1.12. The van der Waals surface area contributed by atoms with Crippen LogP contribution < -0.4 is 21.1 Å². The third-order valence-electron chi connectivity index (χ3n) is 8.51. The second-order valence-corrected chi connectivity index (χ2v) is 14.2. The van der Waals surface area contributed by atoms with Gasteiger partial charge in [0.05, 0.1) is 18.9 Å². The topological polar surface area (TPSA) is 149 Å². The lowest BCUT2D eigenvalue weighted by atomic mass is 9.84. The molecule has 10 heteroatoms. The highest BCUT2D eigenvalue weighted by Gasteiger charge is 2.34. The number of hydrogen-bond acceptors (Lipinski definition) is 7. The first-order valence-corrected chi connectivity index (χ1v) is 17.1. The summed E-state index contributed by atoms with van der Waals surface area (Å²) in [5.74, 6) is -1.39. The van der Waals surface area contributed by atoms with E-state index in [9.17, 15) is 19.2 Å². The molecule has 0 fully saturated rings. The average Bonchev–Trinajstić information content (AvgIpc) is 3.11. The van der Waals surface area contributed by atoms with Gasteiger partial charge in [-0.15, -0.1) is 0 Å². The molecule has 0 bridgehead atoms. The van der Waals surface area contributed by atoms with E-state index in [1.165, 1.54) is 6.20 Å². The number of ether oxygens (including phenoxy) is 2. The average molecular weight is 705 g/mol. The molecule has 1 atom stereocenters. The first kappa shape index (κ1) is 39.0. The highest BCUT2D eigenvalue weighted by molar-refractivity contribution is 6.46. The molecule has 10 nitrogen and oxygen atoms in total. The van der Waals surface area contributed by atoms with Crippen molar-refractivity contribution in [1.29, 1.82) is 0 Å². The molecule has 0 aliphatic carbocycles. The van der Waals surface area contributed by atoms with Crippen molar-refractivity contribution in [3.8, 4) is 5.75 Å². The van der Waals surface area contributed by atoms with E-state index in [0.29, 0.717) is 11.3 Å². The van der Waals surface area contributed by atoms with E-state index in [-0.39, 0.29) is 42.5 Å². The molecule has 52 heavy (non-hydrogen) atoms. The Morgan fingerprint density at radius 3 is 2.06 bits per heavy atom. The number of methoxy groups -OCH3 is 1. The third-order valence-corrected chi connectivity index (χ3v) is 8.51. The highest BCUT2D eigenvalue weighted by atomic mass is 16.6. The Balaban J connectivity index is 1.59. The van der Waals surface area contributed by atoms with Gasteiger partial charge in [-0.3, -0.25) is 19.2 Å². The van der Waals surface area contributed by atoms with Crippen LogP contribution in [-0.4, -0.2) is 48.2 Å². The Hall–Kier alpha value is -5.77. The van der Waals surface area contributed by atoms with Crippen LogP contribution in [0.25, 0.3) is 10.8 Å². The number of hydrogen-bond donors (Lipinski definition) is 3. The van der Waals surface area contributed by atoms with Crippen LogP contribution in [0.1, 0.15) is 63.8 Å². The maximum atomic E-state index is 13.9. The van der Waals surface area contributed by atoms with Crippen molar-refractivity contribution in [3.63, 3.8) is 0 Å². The first-order chi connectivity index (χ1) is 24.6. The van der Waals surface area contributed by atoms with Gasteiger partial charge in [0.25, 0.3) is 11.8 Å². The minimum absolute atomic E-state index is 0.0261. The van der Waals surface area contributed by atoms with Crippen LogP contribution in [0.15, 0.2) is 108 Å². The predicted octanol–water partition coefficient (Wildman–Crippen LogP) is 5.88. The highest BCUT2D eigenvalue weighted by Crippen LogP contribution is 2.28. The molecular formula is C42H48N4O6. The van der Waals surface area contributed by atoms with Crippen LogP contribution in [0, 0.1) is 0 Å². The van der Waals surface area contributed by atoms with Gasteiger partial charge in [-0.05, 0) is 98.5 Å². The molecule has 4 aromatic carbocycles. The summed E-state index contributed by atoms with van der Waals surface area (Å²) in [7, 11) is 1.57. The van der Waals surface area contributed by atoms with Gasteiger partial charge in [0, 0.05) is 13.0 Å². The fourth-order valence-corrected chi connectivity index (χ4v) is 5.39. The molecule has 0 aliphatic rings. The Morgan fingerprint density at radius 1 is 0.827 bits per heavy atom. The van der Waals surface area contributed by atoms with E-state index in [2.05, 4.69) is 15.6 Å². The van der Waals surface area contributed by atoms with Crippen molar-refractivity contribution < 1.29 is 28.7 Å². The molecule has 4 N–H and O–H groups in total. The van der Waals surface area contributed by atoms with Gasteiger partial charge in [0.1, 0.15) is 23.1 Å². The molecule has 272 valence electrons. The zero-order chi connectivity index (χ0) is 38.1. The first-order valence-electron chi connectivity index (χ1n) is 17.1. The monoisotopic (exact) mass is 704 g/mol. The molecule has 1 unspecified atom stereocenters. The summed E-state index contributed by atoms with van der Waals surface area (Å²) in [5.41, 5.74) is 7.36. The number of rotatable bonds is 13. The van der Waals surface area contributed by atoms with E-state index in [1.807, 2.05) is 75.4 Å². The van der Waals surface area contributed by atoms with Crippen LogP contribution in [0.2, 0.25) is 0 Å². The summed E-state index contributed by atoms with van der Waals surface area (Å²) >= 11 is 0. The van der Waals surface area contributed by atoms with Crippen LogP contribution in [0.5, 0.6) is 5.75 Å².